The zero-order valence-corrected chi connectivity index (χ0v) is 12.9. The van der Waals surface area contributed by atoms with E-state index in [1.165, 1.54) is 0 Å². The Morgan fingerprint density at radius 2 is 2.00 bits per heavy atom. The number of carbonyl (C=O) groups excluding carboxylic acids is 1. The predicted molar refractivity (Wildman–Crippen MR) is 88.4 cm³/mol. The van der Waals surface area contributed by atoms with E-state index >= 15 is 0 Å². The SMILES string of the molecule is CN1CC(O)(c2ccc(C3=Cn4cccc4C(C=O)N3)cc2)C1. The number of nitrogens with zero attached hydrogens (tertiary/aromatic N) is 2. The smallest absolute Gasteiger partial charge is 0.148 e. The number of likely N-dealkylation sites (tertiary alicyclic amines) is 1. The van der Waals surface area contributed by atoms with Crippen molar-refractivity contribution in [3.05, 3.63) is 59.4 Å². The largest absolute Gasteiger partial charge is 0.382 e. The van der Waals surface area contributed by atoms with Gasteiger partial charge in [-0.15, -0.1) is 0 Å². The Balaban J connectivity index is 1.63. The first-order valence-corrected chi connectivity index (χ1v) is 7.71. The molecule has 1 fully saturated rings. The number of hydrogen-bond donors (Lipinski definition) is 2. The zero-order chi connectivity index (χ0) is 16.0. The summed E-state index contributed by atoms with van der Waals surface area (Å²) < 4.78 is 1.97. The summed E-state index contributed by atoms with van der Waals surface area (Å²) in [5.74, 6) is 0. The predicted octanol–water partition coefficient (Wildman–Crippen LogP) is 1.42. The summed E-state index contributed by atoms with van der Waals surface area (Å²) in [5.41, 5.74) is 3.03. The maximum Gasteiger partial charge on any atom is 0.148 e. The second-order valence-electron chi connectivity index (χ2n) is 6.42. The van der Waals surface area contributed by atoms with Gasteiger partial charge >= 0.3 is 0 Å². The zero-order valence-electron chi connectivity index (χ0n) is 12.9. The van der Waals surface area contributed by atoms with Crippen LogP contribution in [0.4, 0.5) is 0 Å². The van der Waals surface area contributed by atoms with Gasteiger partial charge in [-0.25, -0.2) is 0 Å². The van der Waals surface area contributed by atoms with Crippen LogP contribution in [0, 0.1) is 0 Å². The maximum absolute atomic E-state index is 11.3. The molecule has 5 heteroatoms. The molecule has 23 heavy (non-hydrogen) atoms. The van der Waals surface area contributed by atoms with Crippen molar-refractivity contribution in [1.29, 1.82) is 0 Å². The molecule has 1 unspecified atom stereocenters. The Bertz CT molecular complexity index is 770. The number of likely N-dealkylation sites (N-methyl/N-ethyl adjacent to an activating group) is 1. The van der Waals surface area contributed by atoms with Gasteiger partial charge in [-0.05, 0) is 30.3 Å². The number of fused-ring (bicyclic) bond motifs is 1. The molecule has 3 heterocycles. The first-order valence-electron chi connectivity index (χ1n) is 7.71. The Hall–Kier alpha value is -2.37. The molecule has 2 aromatic rings. The second-order valence-corrected chi connectivity index (χ2v) is 6.42. The van der Waals surface area contributed by atoms with Gasteiger partial charge in [0.15, 0.2) is 0 Å². The third-order valence-electron chi connectivity index (χ3n) is 4.64. The van der Waals surface area contributed by atoms with Crippen molar-refractivity contribution in [3.63, 3.8) is 0 Å². The molecule has 1 saturated heterocycles. The molecular weight excluding hydrogens is 290 g/mol. The lowest BCUT2D eigenvalue weighted by molar-refractivity contribution is -0.109. The monoisotopic (exact) mass is 309 g/mol. The number of benzene rings is 1. The van der Waals surface area contributed by atoms with E-state index in [1.54, 1.807) is 0 Å². The highest BCUT2D eigenvalue weighted by Gasteiger charge is 2.40. The third kappa shape index (κ3) is 2.29. The quantitative estimate of drug-likeness (QED) is 0.842. The highest BCUT2D eigenvalue weighted by molar-refractivity contribution is 5.80. The molecule has 1 aromatic heterocycles. The summed E-state index contributed by atoms with van der Waals surface area (Å²) in [6, 6.07) is 11.4. The highest BCUT2D eigenvalue weighted by atomic mass is 16.3. The molecule has 0 aliphatic carbocycles. The number of β-amino-alcohol motifs (C(OH)–C–C–N with tert-alkyl or cyclic N) is 1. The van der Waals surface area contributed by atoms with E-state index in [9.17, 15) is 9.90 Å². The first-order chi connectivity index (χ1) is 11.1. The lowest BCUT2D eigenvalue weighted by Crippen LogP contribution is -2.57. The molecule has 1 atom stereocenters. The van der Waals surface area contributed by atoms with Crippen LogP contribution in [0.1, 0.15) is 22.9 Å². The fraction of sp³-hybridized carbons (Fsp3) is 0.278. The van der Waals surface area contributed by atoms with Crippen molar-refractivity contribution in [2.24, 2.45) is 0 Å². The van der Waals surface area contributed by atoms with E-state index in [1.807, 2.05) is 60.4 Å². The molecule has 2 N–H and O–H groups in total. The van der Waals surface area contributed by atoms with Crippen molar-refractivity contribution in [2.75, 3.05) is 20.1 Å². The molecule has 0 radical (unpaired) electrons. The summed E-state index contributed by atoms with van der Waals surface area (Å²) in [5, 5.41) is 13.8. The maximum atomic E-state index is 11.3. The van der Waals surface area contributed by atoms with E-state index in [2.05, 4.69) is 10.2 Å². The Labute approximate surface area is 134 Å². The number of aliphatic hydroxyl groups is 1. The Morgan fingerprint density at radius 1 is 1.26 bits per heavy atom. The minimum atomic E-state index is -0.736. The van der Waals surface area contributed by atoms with Gasteiger partial charge in [0, 0.05) is 25.5 Å². The van der Waals surface area contributed by atoms with Gasteiger partial charge in [0.1, 0.15) is 17.9 Å². The average molecular weight is 309 g/mol. The van der Waals surface area contributed by atoms with Crippen LogP contribution in [-0.4, -0.2) is 41.0 Å². The van der Waals surface area contributed by atoms with Crippen LogP contribution < -0.4 is 5.32 Å². The van der Waals surface area contributed by atoms with E-state index in [0.717, 1.165) is 28.8 Å². The highest BCUT2D eigenvalue weighted by Crippen LogP contribution is 2.32. The van der Waals surface area contributed by atoms with Gasteiger partial charge in [0.05, 0.1) is 11.4 Å². The summed E-state index contributed by atoms with van der Waals surface area (Å²) in [6.45, 7) is 1.32. The molecule has 5 nitrogen and oxygen atoms in total. The van der Waals surface area contributed by atoms with Crippen LogP contribution in [0.15, 0.2) is 42.6 Å². The molecule has 118 valence electrons. The van der Waals surface area contributed by atoms with Gasteiger partial charge in [-0.3, -0.25) is 4.90 Å². The second kappa shape index (κ2) is 5.08. The van der Waals surface area contributed by atoms with E-state index in [-0.39, 0.29) is 6.04 Å². The van der Waals surface area contributed by atoms with Crippen LogP contribution >= 0.6 is 0 Å². The summed E-state index contributed by atoms with van der Waals surface area (Å²) in [7, 11) is 1.99. The van der Waals surface area contributed by atoms with Crippen LogP contribution in [0.5, 0.6) is 0 Å². The fourth-order valence-corrected chi connectivity index (χ4v) is 3.46. The standard InChI is InChI=1S/C18H19N3O2/c1-20-11-18(23,12-20)14-6-4-13(5-7-14)15-9-21-8-2-3-17(21)16(10-22)19-15/h2-10,16,19,23H,11-12H2,1H3. The summed E-state index contributed by atoms with van der Waals surface area (Å²) >= 11 is 0. The molecule has 0 saturated carbocycles. The van der Waals surface area contributed by atoms with Crippen LogP contribution in [0.3, 0.4) is 0 Å². The fourth-order valence-electron chi connectivity index (χ4n) is 3.46. The number of rotatable bonds is 3. The van der Waals surface area contributed by atoms with Crippen molar-refractivity contribution < 1.29 is 9.90 Å². The first kappa shape index (κ1) is 14.2. The number of aldehydes is 1. The molecule has 2 aliphatic heterocycles. The number of aromatic nitrogens is 1. The van der Waals surface area contributed by atoms with Crippen molar-refractivity contribution in [1.82, 2.24) is 14.8 Å². The molecule has 1 aromatic carbocycles. The molecule has 0 amide bonds. The molecule has 2 aliphatic rings. The van der Waals surface area contributed by atoms with Crippen molar-refractivity contribution in [3.8, 4) is 0 Å². The summed E-state index contributed by atoms with van der Waals surface area (Å²) in [4.78, 5) is 13.4. The minimum absolute atomic E-state index is 0.339. The molecular formula is C18H19N3O2. The van der Waals surface area contributed by atoms with Crippen molar-refractivity contribution >= 4 is 18.2 Å². The van der Waals surface area contributed by atoms with E-state index in [4.69, 9.17) is 0 Å². The van der Waals surface area contributed by atoms with Crippen LogP contribution in [0.25, 0.3) is 11.9 Å². The van der Waals surface area contributed by atoms with Gasteiger partial charge < -0.3 is 19.8 Å². The minimum Gasteiger partial charge on any atom is -0.382 e. The lowest BCUT2D eigenvalue weighted by atomic mass is 9.86. The van der Waals surface area contributed by atoms with Gasteiger partial charge in [0.25, 0.3) is 0 Å². The normalized spacial score (nSPS) is 22.5. The van der Waals surface area contributed by atoms with E-state index in [0.29, 0.717) is 13.1 Å². The molecule has 0 spiro atoms. The van der Waals surface area contributed by atoms with Crippen LogP contribution in [0.2, 0.25) is 0 Å². The number of hydrogen-bond acceptors (Lipinski definition) is 4. The van der Waals surface area contributed by atoms with Gasteiger partial charge in [-0.1, -0.05) is 24.3 Å². The van der Waals surface area contributed by atoms with Gasteiger partial charge in [-0.2, -0.15) is 0 Å². The Kier molecular flexibility index (Phi) is 3.14. The third-order valence-corrected chi connectivity index (χ3v) is 4.64. The summed E-state index contributed by atoms with van der Waals surface area (Å²) in [6.07, 6.45) is 4.84. The van der Waals surface area contributed by atoms with Gasteiger partial charge in [0.2, 0.25) is 0 Å². The average Bonchev–Trinajstić information content (AvgIpc) is 3.01. The Morgan fingerprint density at radius 3 is 2.65 bits per heavy atom. The number of carbonyl (C=O) groups is 1. The molecule has 0 bridgehead atoms. The topological polar surface area (TPSA) is 57.5 Å². The lowest BCUT2D eigenvalue weighted by Gasteiger charge is -2.44. The number of nitrogens with one attached hydrogen (secondary N) is 1. The molecule has 4 rings (SSSR count). The van der Waals surface area contributed by atoms with Crippen molar-refractivity contribution in [2.45, 2.75) is 11.6 Å². The van der Waals surface area contributed by atoms with Crippen LogP contribution in [-0.2, 0) is 10.4 Å². The van der Waals surface area contributed by atoms with E-state index < -0.39 is 5.60 Å².